The Kier molecular flexibility index (Phi) is 11.1. The van der Waals surface area contributed by atoms with E-state index >= 15 is 0 Å². The molecule has 0 saturated carbocycles. The monoisotopic (exact) mass is 582 g/mol. The van der Waals surface area contributed by atoms with Crippen molar-refractivity contribution in [1.82, 2.24) is 24.6 Å². The molecule has 218 valence electrons. The summed E-state index contributed by atoms with van der Waals surface area (Å²) in [5.74, 6) is 2.20. The number of ether oxygens (including phenoxy) is 2. The minimum Gasteiger partial charge on any atom is -0.494 e. The average molecular weight is 583 g/mol. The fourth-order valence-corrected chi connectivity index (χ4v) is 5.39. The molecule has 11 nitrogen and oxygen atoms in total. The lowest BCUT2D eigenvalue weighted by Gasteiger charge is -2.28. The van der Waals surface area contributed by atoms with Crippen molar-refractivity contribution >= 4 is 48.6 Å². The molecule has 4 N–H and O–H groups in total. The fraction of sp³-hybridized carbons (Fsp3) is 0.615. The second-order valence-corrected chi connectivity index (χ2v) is 13.6. The minimum atomic E-state index is -3.13. The summed E-state index contributed by atoms with van der Waals surface area (Å²) in [4.78, 5) is 9.42. The summed E-state index contributed by atoms with van der Waals surface area (Å²) in [7, 11) is -4.09. The molecule has 3 rings (SSSR count). The quantitative estimate of drug-likeness (QED) is 0.204. The predicted molar refractivity (Wildman–Crippen MR) is 158 cm³/mol. The van der Waals surface area contributed by atoms with E-state index in [2.05, 4.69) is 33.4 Å². The van der Waals surface area contributed by atoms with E-state index in [4.69, 9.17) is 20.2 Å². The Bertz CT molecular complexity index is 1390. The van der Waals surface area contributed by atoms with Crippen molar-refractivity contribution in [1.29, 1.82) is 0 Å². The fourth-order valence-electron chi connectivity index (χ4n) is 4.28. The van der Waals surface area contributed by atoms with E-state index in [1.165, 1.54) is 6.26 Å². The molecule has 0 radical (unpaired) electrons. The summed E-state index contributed by atoms with van der Waals surface area (Å²) in [6.45, 7) is 8.56. The van der Waals surface area contributed by atoms with Gasteiger partial charge in [0.05, 0.1) is 29.8 Å². The first-order chi connectivity index (χ1) is 18.4. The number of nitrogens with one attached hydrogen (secondary N) is 2. The first-order valence-electron chi connectivity index (χ1n) is 13.2. The zero-order valence-electron chi connectivity index (χ0n) is 23.6. The molecule has 1 unspecified atom stereocenters. The Morgan fingerprint density at radius 2 is 1.90 bits per heavy atom. The van der Waals surface area contributed by atoms with E-state index in [1.54, 1.807) is 6.26 Å². The topological polar surface area (TPSA) is 150 Å². The zero-order valence-corrected chi connectivity index (χ0v) is 25.2. The Morgan fingerprint density at radius 3 is 2.59 bits per heavy atom. The molecule has 0 fully saturated rings. The number of nitrogens with two attached hydrogens (primary N) is 1. The third kappa shape index (κ3) is 9.38. The van der Waals surface area contributed by atoms with E-state index in [0.29, 0.717) is 61.4 Å². The molecule has 0 aliphatic rings. The van der Waals surface area contributed by atoms with Crippen molar-refractivity contribution in [3.63, 3.8) is 0 Å². The summed E-state index contributed by atoms with van der Waals surface area (Å²) in [6, 6.07) is 5.81. The SMILES string of the molecule is CCOCc1nc2c(N)nc3cc(OCCCCCCNS(C)(=O)=O)ccc3c2n1CC(C)(C)NCS(C)=O. The van der Waals surface area contributed by atoms with Crippen LogP contribution in [0.2, 0.25) is 0 Å². The molecule has 3 aromatic rings. The van der Waals surface area contributed by atoms with Gasteiger partial charge in [0.2, 0.25) is 10.0 Å². The molecule has 2 heterocycles. The molecule has 0 bridgehead atoms. The Labute approximate surface area is 233 Å². The number of benzene rings is 1. The molecular weight excluding hydrogens is 540 g/mol. The van der Waals surface area contributed by atoms with Crippen LogP contribution in [0.15, 0.2) is 18.2 Å². The van der Waals surface area contributed by atoms with Crippen LogP contribution in [-0.4, -0.2) is 70.8 Å². The van der Waals surface area contributed by atoms with Crippen LogP contribution >= 0.6 is 0 Å². The number of nitrogens with zero attached hydrogens (tertiary/aromatic N) is 3. The smallest absolute Gasteiger partial charge is 0.208 e. The number of pyridine rings is 1. The van der Waals surface area contributed by atoms with E-state index in [1.807, 2.05) is 25.1 Å². The Hall–Kier alpha value is -2.32. The van der Waals surface area contributed by atoms with Gasteiger partial charge in [0, 0.05) is 53.7 Å². The third-order valence-electron chi connectivity index (χ3n) is 6.20. The molecule has 39 heavy (non-hydrogen) atoms. The van der Waals surface area contributed by atoms with Crippen LogP contribution in [0.1, 0.15) is 52.3 Å². The summed E-state index contributed by atoms with van der Waals surface area (Å²) >= 11 is 0. The summed E-state index contributed by atoms with van der Waals surface area (Å²) in [5.41, 5.74) is 8.25. The second-order valence-electron chi connectivity index (χ2n) is 10.3. The maximum Gasteiger partial charge on any atom is 0.208 e. The van der Waals surface area contributed by atoms with Crippen molar-refractivity contribution in [2.24, 2.45) is 0 Å². The highest BCUT2D eigenvalue weighted by Gasteiger charge is 2.24. The van der Waals surface area contributed by atoms with Crippen molar-refractivity contribution in [3.05, 3.63) is 24.0 Å². The number of sulfonamides is 1. The number of nitrogen functional groups attached to an aromatic ring is 1. The number of imidazole rings is 1. The lowest BCUT2D eigenvalue weighted by atomic mass is 10.1. The second kappa shape index (κ2) is 13.8. The van der Waals surface area contributed by atoms with Crippen LogP contribution in [0, 0.1) is 0 Å². The summed E-state index contributed by atoms with van der Waals surface area (Å²) in [5, 5.41) is 4.29. The number of aromatic nitrogens is 3. The average Bonchev–Trinajstić information content (AvgIpc) is 3.20. The van der Waals surface area contributed by atoms with Crippen LogP contribution < -0.4 is 20.5 Å². The summed E-state index contributed by atoms with van der Waals surface area (Å²) < 4.78 is 50.2. The molecule has 0 saturated heterocycles. The largest absolute Gasteiger partial charge is 0.494 e. The van der Waals surface area contributed by atoms with Crippen molar-refractivity contribution in [2.75, 3.05) is 43.9 Å². The van der Waals surface area contributed by atoms with Crippen LogP contribution in [0.4, 0.5) is 5.82 Å². The molecule has 0 spiro atoms. The third-order valence-corrected chi connectivity index (χ3v) is 7.48. The molecule has 0 aliphatic carbocycles. The van der Waals surface area contributed by atoms with E-state index in [0.717, 1.165) is 42.4 Å². The van der Waals surface area contributed by atoms with Gasteiger partial charge in [0.25, 0.3) is 0 Å². The van der Waals surface area contributed by atoms with Gasteiger partial charge in [-0.1, -0.05) is 12.8 Å². The van der Waals surface area contributed by atoms with Crippen LogP contribution in [0.3, 0.4) is 0 Å². The maximum atomic E-state index is 11.7. The highest BCUT2D eigenvalue weighted by Crippen LogP contribution is 2.32. The Balaban J connectivity index is 1.79. The highest BCUT2D eigenvalue weighted by atomic mass is 32.2. The number of hydrogen-bond acceptors (Lipinski definition) is 9. The predicted octanol–water partition coefficient (Wildman–Crippen LogP) is 2.90. The number of unbranched alkanes of at least 4 members (excludes halogenated alkanes) is 3. The molecule has 13 heteroatoms. The first-order valence-corrected chi connectivity index (χ1v) is 16.8. The van der Waals surface area contributed by atoms with Gasteiger partial charge >= 0.3 is 0 Å². The first kappa shape index (κ1) is 31.2. The minimum absolute atomic E-state index is 0.341. The number of anilines is 1. The molecule has 0 amide bonds. The van der Waals surface area contributed by atoms with Gasteiger partial charge in [-0.25, -0.2) is 23.1 Å². The van der Waals surface area contributed by atoms with E-state index in [9.17, 15) is 12.6 Å². The zero-order chi connectivity index (χ0) is 28.6. The molecular formula is C26H42N6O5S2. The van der Waals surface area contributed by atoms with Gasteiger partial charge in [-0.3, -0.25) is 9.53 Å². The number of rotatable bonds is 17. The van der Waals surface area contributed by atoms with Crippen molar-refractivity contribution < 1.29 is 22.1 Å². The molecule has 0 aliphatic heterocycles. The van der Waals surface area contributed by atoms with E-state index in [-0.39, 0.29) is 5.54 Å². The molecule has 2 aromatic heterocycles. The van der Waals surface area contributed by atoms with Gasteiger partial charge in [-0.2, -0.15) is 0 Å². The number of hydrogen-bond donors (Lipinski definition) is 3. The summed E-state index contributed by atoms with van der Waals surface area (Å²) in [6.07, 6.45) is 6.37. The number of fused-ring (bicyclic) bond motifs is 3. The maximum absolute atomic E-state index is 11.7. The van der Waals surface area contributed by atoms with Crippen LogP contribution in [-0.2, 0) is 38.7 Å². The van der Waals surface area contributed by atoms with Crippen molar-refractivity contribution in [2.45, 2.75) is 65.1 Å². The van der Waals surface area contributed by atoms with E-state index < -0.39 is 20.8 Å². The molecule has 1 atom stereocenters. The molecule has 1 aromatic carbocycles. The van der Waals surface area contributed by atoms with Crippen molar-refractivity contribution in [3.8, 4) is 5.75 Å². The standard InChI is InChI=1S/C26H42N6O5S2/c1-6-36-16-22-31-23-24(32(22)17-26(2,3)28-18-38(4)33)20-12-11-19(15-21(20)30-25(23)27)37-14-10-8-7-9-13-29-39(5,34)35/h11-12,15,28-29H,6-10,13-14,16-18H2,1-5H3,(H2,27,30). The van der Waals surface area contributed by atoms with Gasteiger partial charge in [-0.15, -0.1) is 0 Å². The Morgan fingerprint density at radius 1 is 1.15 bits per heavy atom. The van der Waals surface area contributed by atoms with Gasteiger partial charge in [0.15, 0.2) is 5.82 Å². The lowest BCUT2D eigenvalue weighted by Crippen LogP contribution is -2.44. The van der Waals surface area contributed by atoms with Crippen LogP contribution in [0.25, 0.3) is 21.9 Å². The van der Waals surface area contributed by atoms with Gasteiger partial charge in [-0.05, 0) is 45.7 Å². The lowest BCUT2D eigenvalue weighted by molar-refractivity contribution is 0.124. The van der Waals surface area contributed by atoms with Crippen LogP contribution in [0.5, 0.6) is 5.75 Å². The van der Waals surface area contributed by atoms with Gasteiger partial charge < -0.3 is 19.8 Å². The highest BCUT2D eigenvalue weighted by molar-refractivity contribution is 7.88. The normalized spacial score (nSPS) is 13.4. The van der Waals surface area contributed by atoms with Gasteiger partial charge in [0.1, 0.15) is 23.7 Å².